The summed E-state index contributed by atoms with van der Waals surface area (Å²) in [6.45, 7) is 3.54. The van der Waals surface area contributed by atoms with Crippen LogP contribution in [0, 0.1) is 0 Å². The van der Waals surface area contributed by atoms with Gasteiger partial charge >= 0.3 is 0 Å². The van der Waals surface area contributed by atoms with Crippen LogP contribution in [0.4, 0.5) is 0 Å². The number of nitrogens with one attached hydrogen (secondary N) is 1. The number of nitrogens with zero attached hydrogens (tertiary/aromatic N) is 4. The molecule has 0 aliphatic carbocycles. The fourth-order valence-electron chi connectivity index (χ4n) is 2.82. The van der Waals surface area contributed by atoms with Crippen molar-refractivity contribution in [1.29, 1.82) is 0 Å². The molecule has 0 fully saturated rings. The molecule has 0 spiro atoms. The summed E-state index contributed by atoms with van der Waals surface area (Å²) in [7, 11) is 1.84. The van der Waals surface area contributed by atoms with Gasteiger partial charge in [-0.15, -0.1) is 0 Å². The summed E-state index contributed by atoms with van der Waals surface area (Å²) in [6, 6.07) is 12.5. The summed E-state index contributed by atoms with van der Waals surface area (Å²) < 4.78 is 1.92. The Morgan fingerprint density at radius 1 is 1.26 bits per heavy atom. The molecule has 0 amide bonds. The molecule has 2 heterocycles. The Hall–Kier alpha value is -2.56. The van der Waals surface area contributed by atoms with Crippen LogP contribution in [0.25, 0.3) is 5.57 Å². The molecule has 0 saturated carbocycles. The van der Waals surface area contributed by atoms with Gasteiger partial charge in [0.2, 0.25) is 0 Å². The molecule has 0 saturated heterocycles. The zero-order valence-corrected chi connectivity index (χ0v) is 13.5. The van der Waals surface area contributed by atoms with Gasteiger partial charge < -0.3 is 10.2 Å². The standard InChI is InChI=1S/C18H23N5/c1-19-18(20-11-15-23-12-5-10-21-23)22-13-8-17(9-14-22)16-6-3-2-4-7-16/h2-8,10,12H,9,11,13-15H2,1H3,(H,19,20). The third-order valence-corrected chi connectivity index (χ3v) is 4.05. The maximum Gasteiger partial charge on any atom is 0.194 e. The summed E-state index contributed by atoms with van der Waals surface area (Å²) in [6.07, 6.45) is 7.12. The lowest BCUT2D eigenvalue weighted by Gasteiger charge is -2.29. The molecular formula is C18H23N5. The monoisotopic (exact) mass is 309 g/mol. The minimum absolute atomic E-state index is 0.820. The van der Waals surface area contributed by atoms with E-state index in [-0.39, 0.29) is 0 Å². The highest BCUT2D eigenvalue weighted by molar-refractivity contribution is 5.81. The molecule has 1 N–H and O–H groups in total. The van der Waals surface area contributed by atoms with Crippen LogP contribution in [0.1, 0.15) is 12.0 Å². The molecule has 1 aromatic carbocycles. The molecule has 23 heavy (non-hydrogen) atoms. The zero-order valence-electron chi connectivity index (χ0n) is 13.5. The van der Waals surface area contributed by atoms with Crippen molar-refractivity contribution in [2.45, 2.75) is 13.0 Å². The molecule has 1 aromatic heterocycles. The van der Waals surface area contributed by atoms with E-state index < -0.39 is 0 Å². The topological polar surface area (TPSA) is 45.5 Å². The first kappa shape index (κ1) is 15.3. The van der Waals surface area contributed by atoms with Gasteiger partial charge in [-0.25, -0.2) is 0 Å². The first-order chi connectivity index (χ1) is 11.4. The van der Waals surface area contributed by atoms with E-state index in [2.05, 4.69) is 56.7 Å². The third-order valence-electron chi connectivity index (χ3n) is 4.05. The van der Waals surface area contributed by atoms with Crippen molar-refractivity contribution in [3.8, 4) is 0 Å². The molecule has 0 radical (unpaired) electrons. The van der Waals surface area contributed by atoms with Gasteiger partial charge in [-0.3, -0.25) is 9.67 Å². The van der Waals surface area contributed by atoms with Crippen LogP contribution in [0.3, 0.4) is 0 Å². The quantitative estimate of drug-likeness (QED) is 0.696. The Morgan fingerprint density at radius 3 is 2.78 bits per heavy atom. The molecule has 1 aliphatic heterocycles. The van der Waals surface area contributed by atoms with Crippen LogP contribution >= 0.6 is 0 Å². The van der Waals surface area contributed by atoms with Crippen molar-refractivity contribution in [3.05, 3.63) is 60.4 Å². The zero-order chi connectivity index (χ0) is 15.9. The number of aromatic nitrogens is 2. The summed E-state index contributed by atoms with van der Waals surface area (Å²) in [5.74, 6) is 0.959. The molecule has 0 bridgehead atoms. The largest absolute Gasteiger partial charge is 0.354 e. The average Bonchev–Trinajstić information content (AvgIpc) is 3.13. The third kappa shape index (κ3) is 4.00. The highest BCUT2D eigenvalue weighted by Gasteiger charge is 2.15. The highest BCUT2D eigenvalue weighted by Crippen LogP contribution is 2.21. The van der Waals surface area contributed by atoms with Crippen molar-refractivity contribution in [1.82, 2.24) is 20.0 Å². The minimum atomic E-state index is 0.820. The number of guanidine groups is 1. The second kappa shape index (κ2) is 7.63. The second-order valence-electron chi connectivity index (χ2n) is 5.53. The fraction of sp³-hybridized carbons (Fsp3) is 0.333. The van der Waals surface area contributed by atoms with Crippen LogP contribution in [0.5, 0.6) is 0 Å². The van der Waals surface area contributed by atoms with E-state index in [1.807, 2.05) is 24.0 Å². The van der Waals surface area contributed by atoms with E-state index in [1.54, 1.807) is 6.20 Å². The van der Waals surface area contributed by atoms with E-state index >= 15 is 0 Å². The van der Waals surface area contributed by atoms with Gasteiger partial charge in [0.1, 0.15) is 0 Å². The van der Waals surface area contributed by atoms with E-state index in [0.29, 0.717) is 0 Å². The van der Waals surface area contributed by atoms with E-state index in [0.717, 1.165) is 38.6 Å². The van der Waals surface area contributed by atoms with Crippen LogP contribution in [0.15, 0.2) is 59.9 Å². The lowest BCUT2D eigenvalue weighted by atomic mass is 10.00. The van der Waals surface area contributed by atoms with Crippen LogP contribution < -0.4 is 5.32 Å². The Labute approximate surface area is 137 Å². The number of benzene rings is 1. The van der Waals surface area contributed by atoms with Crippen molar-refractivity contribution in [3.63, 3.8) is 0 Å². The SMILES string of the molecule is CN=C(NCCn1cccn1)N1CC=C(c2ccccc2)CC1. The molecule has 0 atom stereocenters. The van der Waals surface area contributed by atoms with Crippen LogP contribution in [-0.2, 0) is 6.54 Å². The Morgan fingerprint density at radius 2 is 2.13 bits per heavy atom. The predicted molar refractivity (Wildman–Crippen MR) is 94.2 cm³/mol. The van der Waals surface area contributed by atoms with Gasteiger partial charge in [0, 0.05) is 39.1 Å². The molecule has 3 rings (SSSR count). The summed E-state index contributed by atoms with van der Waals surface area (Å²) >= 11 is 0. The van der Waals surface area contributed by atoms with Crippen LogP contribution in [-0.4, -0.2) is 47.3 Å². The minimum Gasteiger partial charge on any atom is -0.354 e. The molecule has 2 aromatic rings. The first-order valence-corrected chi connectivity index (χ1v) is 8.04. The lowest BCUT2D eigenvalue weighted by Crippen LogP contribution is -2.44. The summed E-state index contributed by atoms with van der Waals surface area (Å²) in [5.41, 5.74) is 2.75. The highest BCUT2D eigenvalue weighted by atomic mass is 15.3. The van der Waals surface area contributed by atoms with Crippen LogP contribution in [0.2, 0.25) is 0 Å². The molecular weight excluding hydrogens is 286 g/mol. The fourth-order valence-corrected chi connectivity index (χ4v) is 2.82. The number of aliphatic imine (C=N–C) groups is 1. The molecule has 1 aliphatic rings. The van der Waals surface area contributed by atoms with E-state index in [1.165, 1.54) is 11.1 Å². The number of hydrogen-bond donors (Lipinski definition) is 1. The van der Waals surface area contributed by atoms with Crippen molar-refractivity contribution >= 4 is 11.5 Å². The molecule has 5 nitrogen and oxygen atoms in total. The maximum absolute atomic E-state index is 4.40. The average molecular weight is 309 g/mol. The first-order valence-electron chi connectivity index (χ1n) is 8.04. The van der Waals surface area contributed by atoms with Gasteiger partial charge in [0.15, 0.2) is 5.96 Å². The summed E-state index contributed by atoms with van der Waals surface area (Å²) in [5, 5.41) is 7.63. The molecule has 120 valence electrons. The summed E-state index contributed by atoms with van der Waals surface area (Å²) in [4.78, 5) is 6.69. The van der Waals surface area contributed by atoms with Gasteiger partial charge in [-0.05, 0) is 23.6 Å². The van der Waals surface area contributed by atoms with Gasteiger partial charge in [-0.2, -0.15) is 5.10 Å². The Balaban J connectivity index is 1.53. The molecule has 5 heteroatoms. The van der Waals surface area contributed by atoms with E-state index in [4.69, 9.17) is 0 Å². The van der Waals surface area contributed by atoms with Gasteiger partial charge in [0.25, 0.3) is 0 Å². The van der Waals surface area contributed by atoms with Crippen molar-refractivity contribution in [2.24, 2.45) is 4.99 Å². The second-order valence-corrected chi connectivity index (χ2v) is 5.53. The predicted octanol–water partition coefficient (Wildman–Crippen LogP) is 2.25. The number of hydrogen-bond acceptors (Lipinski definition) is 2. The van der Waals surface area contributed by atoms with Crippen molar-refractivity contribution in [2.75, 3.05) is 26.7 Å². The molecule has 0 unspecified atom stereocenters. The lowest BCUT2D eigenvalue weighted by molar-refractivity contribution is 0.436. The maximum atomic E-state index is 4.40. The van der Waals surface area contributed by atoms with Crippen molar-refractivity contribution < 1.29 is 0 Å². The smallest absolute Gasteiger partial charge is 0.194 e. The Bertz CT molecular complexity index is 658. The number of rotatable bonds is 4. The van der Waals surface area contributed by atoms with Gasteiger partial charge in [-0.1, -0.05) is 36.4 Å². The normalized spacial score (nSPS) is 15.4. The Kier molecular flexibility index (Phi) is 5.09. The van der Waals surface area contributed by atoms with E-state index in [9.17, 15) is 0 Å². The van der Waals surface area contributed by atoms with Gasteiger partial charge in [0.05, 0.1) is 6.54 Å².